The molecule has 0 saturated carbocycles. The molecule has 0 radical (unpaired) electrons. The first-order valence-electron chi connectivity index (χ1n) is 2.91. The van der Waals surface area contributed by atoms with Gasteiger partial charge in [-0.2, -0.15) is 0 Å². The van der Waals surface area contributed by atoms with E-state index < -0.39 is 9.28 Å². The molecular weight excluding hydrogens is 134 g/mol. The number of rotatable bonds is 4. The Morgan fingerprint density at radius 3 is 2.33 bits per heavy atom. The average molecular weight is 147 g/mol. The Kier molecular flexibility index (Phi) is 4.61. The molecule has 0 spiro atoms. The summed E-state index contributed by atoms with van der Waals surface area (Å²) < 4.78 is 0. The minimum atomic E-state index is -2.50. The van der Waals surface area contributed by atoms with Crippen LogP contribution in [-0.2, 0) is 0 Å². The predicted octanol–water partition coefficient (Wildman–Crippen LogP) is -0.903. The summed E-state index contributed by atoms with van der Waals surface area (Å²) in [6.45, 7) is 3.95. The zero-order valence-corrected chi connectivity index (χ0v) is 6.48. The molecule has 0 aromatic carbocycles. The standard InChI is InChI=1S/C5H13NO2Si/c1-2-5(3-4-6)9(7)8/h2,5,7-9H,1,3-4,6H2. The van der Waals surface area contributed by atoms with Crippen LogP contribution in [0.3, 0.4) is 0 Å². The first-order chi connectivity index (χ1) is 4.22. The van der Waals surface area contributed by atoms with Gasteiger partial charge in [0.15, 0.2) is 0 Å². The van der Waals surface area contributed by atoms with Gasteiger partial charge < -0.3 is 15.3 Å². The van der Waals surface area contributed by atoms with Crippen molar-refractivity contribution < 1.29 is 9.59 Å². The molecule has 0 heterocycles. The smallest absolute Gasteiger partial charge is 0.323 e. The minimum Gasteiger partial charge on any atom is -0.413 e. The lowest BCUT2D eigenvalue weighted by atomic mass is 10.3. The Morgan fingerprint density at radius 1 is 1.67 bits per heavy atom. The highest BCUT2D eigenvalue weighted by Crippen LogP contribution is 2.11. The molecule has 54 valence electrons. The molecule has 1 atom stereocenters. The summed E-state index contributed by atoms with van der Waals surface area (Å²) in [5.74, 6) is 0. The Hall–Kier alpha value is -0.163. The van der Waals surface area contributed by atoms with Gasteiger partial charge in [-0.1, -0.05) is 6.08 Å². The van der Waals surface area contributed by atoms with Crippen molar-refractivity contribution in [1.82, 2.24) is 0 Å². The SMILES string of the molecule is C=CC(CCN)[SiH](O)O. The van der Waals surface area contributed by atoms with E-state index >= 15 is 0 Å². The van der Waals surface area contributed by atoms with E-state index in [9.17, 15) is 0 Å². The lowest BCUT2D eigenvalue weighted by molar-refractivity contribution is 0.391. The summed E-state index contributed by atoms with van der Waals surface area (Å²) >= 11 is 0. The maximum absolute atomic E-state index is 8.71. The highest BCUT2D eigenvalue weighted by Gasteiger charge is 2.13. The highest BCUT2D eigenvalue weighted by atomic mass is 28.3. The van der Waals surface area contributed by atoms with E-state index in [2.05, 4.69) is 6.58 Å². The van der Waals surface area contributed by atoms with Gasteiger partial charge in [0.05, 0.1) is 0 Å². The van der Waals surface area contributed by atoms with Crippen LogP contribution < -0.4 is 5.73 Å². The number of hydrogen-bond acceptors (Lipinski definition) is 3. The molecule has 0 saturated heterocycles. The fraction of sp³-hybridized carbons (Fsp3) is 0.600. The van der Waals surface area contributed by atoms with Crippen molar-refractivity contribution in [3.63, 3.8) is 0 Å². The van der Waals surface area contributed by atoms with Gasteiger partial charge in [-0.05, 0) is 13.0 Å². The van der Waals surface area contributed by atoms with Crippen LogP contribution in [0.2, 0.25) is 5.54 Å². The molecule has 0 amide bonds. The third-order valence-electron chi connectivity index (χ3n) is 1.19. The van der Waals surface area contributed by atoms with Crippen molar-refractivity contribution >= 4 is 9.28 Å². The van der Waals surface area contributed by atoms with Crippen molar-refractivity contribution in [1.29, 1.82) is 0 Å². The van der Waals surface area contributed by atoms with E-state index in [0.29, 0.717) is 13.0 Å². The molecule has 3 nitrogen and oxygen atoms in total. The first-order valence-corrected chi connectivity index (χ1v) is 4.61. The summed E-state index contributed by atoms with van der Waals surface area (Å²) in [6.07, 6.45) is 2.19. The molecule has 0 aliphatic carbocycles. The topological polar surface area (TPSA) is 66.5 Å². The lowest BCUT2D eigenvalue weighted by Crippen LogP contribution is -2.20. The predicted molar refractivity (Wildman–Crippen MR) is 39.2 cm³/mol. The summed E-state index contributed by atoms with van der Waals surface area (Å²) in [7, 11) is -2.50. The summed E-state index contributed by atoms with van der Waals surface area (Å²) in [5.41, 5.74) is 5.05. The fourth-order valence-electron chi connectivity index (χ4n) is 0.581. The highest BCUT2D eigenvalue weighted by molar-refractivity contribution is 6.43. The molecule has 0 aromatic rings. The monoisotopic (exact) mass is 147 g/mol. The third-order valence-corrected chi connectivity index (χ3v) is 2.56. The quantitative estimate of drug-likeness (QED) is 0.356. The van der Waals surface area contributed by atoms with Gasteiger partial charge in [0, 0.05) is 5.54 Å². The van der Waals surface area contributed by atoms with Crippen molar-refractivity contribution in [2.75, 3.05) is 6.54 Å². The average Bonchev–Trinajstić information content (AvgIpc) is 1.82. The zero-order valence-electron chi connectivity index (χ0n) is 5.33. The molecule has 0 bridgehead atoms. The minimum absolute atomic E-state index is 0.144. The molecule has 0 aromatic heterocycles. The Labute approximate surface area is 56.7 Å². The second-order valence-electron chi connectivity index (χ2n) is 1.89. The van der Waals surface area contributed by atoms with Crippen molar-refractivity contribution in [2.24, 2.45) is 5.73 Å². The van der Waals surface area contributed by atoms with E-state index in [0.717, 1.165) is 0 Å². The van der Waals surface area contributed by atoms with Crippen LogP contribution in [0.25, 0.3) is 0 Å². The fourth-order valence-corrected chi connectivity index (χ4v) is 1.32. The van der Waals surface area contributed by atoms with Crippen molar-refractivity contribution in [3.05, 3.63) is 12.7 Å². The maximum atomic E-state index is 8.71. The lowest BCUT2D eigenvalue weighted by Gasteiger charge is -2.09. The Balaban J connectivity index is 3.54. The van der Waals surface area contributed by atoms with Crippen LogP contribution >= 0.6 is 0 Å². The number of hydrogen-bond donors (Lipinski definition) is 3. The van der Waals surface area contributed by atoms with Gasteiger partial charge in [0.2, 0.25) is 0 Å². The van der Waals surface area contributed by atoms with E-state index in [1.54, 1.807) is 6.08 Å². The molecule has 1 unspecified atom stereocenters. The van der Waals surface area contributed by atoms with Gasteiger partial charge >= 0.3 is 9.28 Å². The van der Waals surface area contributed by atoms with E-state index in [-0.39, 0.29) is 5.54 Å². The molecule has 0 rings (SSSR count). The van der Waals surface area contributed by atoms with E-state index in [4.69, 9.17) is 15.3 Å². The zero-order chi connectivity index (χ0) is 7.28. The van der Waals surface area contributed by atoms with E-state index in [1.165, 1.54) is 0 Å². The molecule has 9 heavy (non-hydrogen) atoms. The van der Waals surface area contributed by atoms with Crippen LogP contribution in [0.1, 0.15) is 6.42 Å². The van der Waals surface area contributed by atoms with Crippen LogP contribution in [0.5, 0.6) is 0 Å². The maximum Gasteiger partial charge on any atom is 0.323 e. The molecule has 0 aliphatic heterocycles. The van der Waals surface area contributed by atoms with Gasteiger partial charge in [-0.3, -0.25) is 0 Å². The normalized spacial score (nSPS) is 13.8. The van der Waals surface area contributed by atoms with Crippen molar-refractivity contribution in [2.45, 2.75) is 12.0 Å². The van der Waals surface area contributed by atoms with E-state index in [1.807, 2.05) is 0 Å². The molecule has 0 aliphatic rings. The summed E-state index contributed by atoms with van der Waals surface area (Å²) in [6, 6.07) is 0. The largest absolute Gasteiger partial charge is 0.413 e. The van der Waals surface area contributed by atoms with Gasteiger partial charge in [-0.25, -0.2) is 0 Å². The summed E-state index contributed by atoms with van der Waals surface area (Å²) in [5, 5.41) is 0. The molecule has 4 heteroatoms. The first kappa shape index (κ1) is 8.84. The Morgan fingerprint density at radius 2 is 2.22 bits per heavy atom. The van der Waals surface area contributed by atoms with Gasteiger partial charge in [0.1, 0.15) is 0 Å². The second-order valence-corrected chi connectivity index (χ2v) is 3.57. The Bertz CT molecular complexity index is 87.0. The molecule has 4 N–H and O–H groups in total. The third kappa shape index (κ3) is 3.42. The van der Waals surface area contributed by atoms with Crippen LogP contribution in [0, 0.1) is 0 Å². The van der Waals surface area contributed by atoms with Crippen molar-refractivity contribution in [3.8, 4) is 0 Å². The second kappa shape index (κ2) is 4.69. The van der Waals surface area contributed by atoms with Crippen LogP contribution in [-0.4, -0.2) is 25.4 Å². The van der Waals surface area contributed by atoms with Crippen LogP contribution in [0.15, 0.2) is 12.7 Å². The van der Waals surface area contributed by atoms with Gasteiger partial charge in [-0.15, -0.1) is 6.58 Å². The number of nitrogens with two attached hydrogens (primary N) is 1. The molecular formula is C5H13NO2Si. The van der Waals surface area contributed by atoms with Gasteiger partial charge in [0.25, 0.3) is 0 Å². The summed E-state index contributed by atoms with van der Waals surface area (Å²) in [4.78, 5) is 17.4. The molecule has 0 fully saturated rings. The number of allylic oxidation sites excluding steroid dienone is 1. The van der Waals surface area contributed by atoms with Crippen LogP contribution in [0.4, 0.5) is 0 Å².